The molecule has 2 aliphatic carbocycles. The first-order valence-corrected chi connectivity index (χ1v) is 14.7. The van der Waals surface area contributed by atoms with Crippen LogP contribution in [0.1, 0.15) is 87.2 Å². The van der Waals surface area contributed by atoms with E-state index < -0.39 is 0 Å². The van der Waals surface area contributed by atoms with Gasteiger partial charge in [-0.15, -0.1) is 0 Å². The van der Waals surface area contributed by atoms with E-state index in [4.69, 9.17) is 4.42 Å². The normalized spacial score (nSPS) is 17.3. The lowest BCUT2D eigenvalue weighted by molar-refractivity contribution is 0.443. The molecule has 5 aromatic rings. The van der Waals surface area contributed by atoms with E-state index >= 15 is 0 Å². The molecule has 1 heterocycles. The van der Waals surface area contributed by atoms with Crippen LogP contribution in [0.3, 0.4) is 0 Å². The lowest BCUT2D eigenvalue weighted by Gasteiger charge is -2.28. The van der Waals surface area contributed by atoms with Crippen molar-refractivity contribution >= 4 is 39.0 Å². The van der Waals surface area contributed by atoms with E-state index in [9.17, 15) is 0 Å². The van der Waals surface area contributed by atoms with Crippen molar-refractivity contribution in [1.29, 1.82) is 0 Å². The standard InChI is InChI=1S/C36H37NO/c1-3-9-26(10-4-1)28-15-19-30(20-16-28)37(31-21-17-29(18-22-31)27-11-5-2-6-12-27)32-23-24-34-33-13-7-8-14-35(33)38-36(34)25-32/h7-8,13-27H,1-6,9-12H2. The molecule has 0 radical (unpaired) electrons. The minimum absolute atomic E-state index is 0.716. The van der Waals surface area contributed by atoms with Crippen LogP contribution in [-0.4, -0.2) is 0 Å². The molecular formula is C36H37NO. The number of furan rings is 1. The van der Waals surface area contributed by atoms with Gasteiger partial charge < -0.3 is 9.32 Å². The quantitative estimate of drug-likeness (QED) is 0.239. The van der Waals surface area contributed by atoms with Crippen molar-refractivity contribution in [3.05, 3.63) is 102 Å². The van der Waals surface area contributed by atoms with Gasteiger partial charge in [0.2, 0.25) is 0 Å². The fourth-order valence-electron chi connectivity index (χ4n) is 6.96. The third kappa shape index (κ3) is 4.51. The van der Waals surface area contributed by atoms with Crippen LogP contribution < -0.4 is 4.90 Å². The molecule has 0 saturated heterocycles. The summed E-state index contributed by atoms with van der Waals surface area (Å²) in [6.07, 6.45) is 13.6. The van der Waals surface area contributed by atoms with E-state index in [1.807, 2.05) is 6.07 Å². The fourth-order valence-corrected chi connectivity index (χ4v) is 6.96. The van der Waals surface area contributed by atoms with Crippen molar-refractivity contribution in [3.8, 4) is 0 Å². The average molecular weight is 500 g/mol. The zero-order chi connectivity index (χ0) is 25.3. The van der Waals surface area contributed by atoms with E-state index in [1.165, 1.54) is 97.5 Å². The Morgan fingerprint density at radius 2 is 0.974 bits per heavy atom. The molecule has 7 rings (SSSR count). The second kappa shape index (κ2) is 10.3. The van der Waals surface area contributed by atoms with Crippen molar-refractivity contribution in [2.24, 2.45) is 0 Å². The van der Waals surface area contributed by atoms with Crippen LogP contribution in [0.15, 0.2) is 95.4 Å². The maximum atomic E-state index is 6.29. The first-order chi connectivity index (χ1) is 18.8. The molecule has 2 fully saturated rings. The number of hydrogen-bond acceptors (Lipinski definition) is 2. The summed E-state index contributed by atoms with van der Waals surface area (Å²) < 4.78 is 6.29. The minimum Gasteiger partial charge on any atom is -0.456 e. The van der Waals surface area contributed by atoms with Crippen molar-refractivity contribution < 1.29 is 4.42 Å². The zero-order valence-corrected chi connectivity index (χ0v) is 22.2. The van der Waals surface area contributed by atoms with Gasteiger partial charge >= 0.3 is 0 Å². The van der Waals surface area contributed by atoms with Gasteiger partial charge in [-0.25, -0.2) is 0 Å². The van der Waals surface area contributed by atoms with E-state index in [2.05, 4.69) is 89.8 Å². The second-order valence-corrected chi connectivity index (χ2v) is 11.5. The highest BCUT2D eigenvalue weighted by molar-refractivity contribution is 6.06. The van der Waals surface area contributed by atoms with Crippen LogP contribution in [-0.2, 0) is 0 Å². The Labute approximate surface area is 226 Å². The molecule has 0 spiro atoms. The van der Waals surface area contributed by atoms with Crippen LogP contribution in [0, 0.1) is 0 Å². The van der Waals surface area contributed by atoms with E-state index in [1.54, 1.807) is 0 Å². The summed E-state index contributed by atoms with van der Waals surface area (Å²) >= 11 is 0. The first kappa shape index (κ1) is 23.6. The average Bonchev–Trinajstić information content (AvgIpc) is 3.37. The van der Waals surface area contributed by atoms with Crippen LogP contribution in [0.4, 0.5) is 17.1 Å². The molecule has 38 heavy (non-hydrogen) atoms. The monoisotopic (exact) mass is 499 g/mol. The third-order valence-electron chi connectivity index (χ3n) is 9.08. The largest absolute Gasteiger partial charge is 0.456 e. The van der Waals surface area contributed by atoms with Gasteiger partial charge in [-0.05, 0) is 91.1 Å². The smallest absolute Gasteiger partial charge is 0.137 e. The molecule has 0 amide bonds. The number of para-hydroxylation sites is 1. The van der Waals surface area contributed by atoms with Crippen LogP contribution >= 0.6 is 0 Å². The van der Waals surface area contributed by atoms with Crippen molar-refractivity contribution in [2.45, 2.75) is 76.0 Å². The maximum Gasteiger partial charge on any atom is 0.137 e. The molecule has 4 aromatic carbocycles. The Morgan fingerprint density at radius 3 is 1.55 bits per heavy atom. The molecule has 192 valence electrons. The molecule has 0 bridgehead atoms. The number of hydrogen-bond donors (Lipinski definition) is 0. The molecule has 0 N–H and O–H groups in total. The molecular weight excluding hydrogens is 462 g/mol. The first-order valence-electron chi connectivity index (χ1n) is 14.7. The molecule has 0 atom stereocenters. The summed E-state index contributed by atoms with van der Waals surface area (Å²) in [7, 11) is 0. The Balaban J connectivity index is 1.28. The van der Waals surface area contributed by atoms with Gasteiger partial charge in [0.05, 0.1) is 0 Å². The van der Waals surface area contributed by atoms with Gasteiger partial charge in [0.15, 0.2) is 0 Å². The number of nitrogens with zero attached hydrogens (tertiary/aromatic N) is 1. The van der Waals surface area contributed by atoms with Gasteiger partial charge in [-0.2, -0.15) is 0 Å². The maximum absolute atomic E-state index is 6.29. The highest BCUT2D eigenvalue weighted by Crippen LogP contribution is 2.41. The van der Waals surface area contributed by atoms with Crippen LogP contribution in [0.5, 0.6) is 0 Å². The Hall–Kier alpha value is -3.52. The summed E-state index contributed by atoms with van der Waals surface area (Å²) in [5, 5.41) is 2.35. The zero-order valence-electron chi connectivity index (χ0n) is 22.2. The van der Waals surface area contributed by atoms with Gasteiger partial charge in [0.25, 0.3) is 0 Å². The number of fused-ring (bicyclic) bond motifs is 3. The summed E-state index contributed by atoms with van der Waals surface area (Å²) in [5.74, 6) is 1.43. The predicted molar refractivity (Wildman–Crippen MR) is 160 cm³/mol. The highest BCUT2D eigenvalue weighted by atomic mass is 16.3. The van der Waals surface area contributed by atoms with Crippen LogP contribution in [0.25, 0.3) is 21.9 Å². The molecule has 2 heteroatoms. The molecule has 0 unspecified atom stereocenters. The summed E-state index contributed by atoms with van der Waals surface area (Å²) in [6, 6.07) is 33.8. The Morgan fingerprint density at radius 1 is 0.474 bits per heavy atom. The number of anilines is 3. The Kier molecular flexibility index (Phi) is 6.41. The molecule has 1 aromatic heterocycles. The molecule has 2 nitrogen and oxygen atoms in total. The summed E-state index contributed by atoms with van der Waals surface area (Å²) in [6.45, 7) is 0. The number of benzene rings is 4. The SMILES string of the molecule is c1ccc2c(c1)oc1cc(N(c3ccc(C4CCCCC4)cc3)c3ccc(C4CCCCC4)cc3)ccc12. The lowest BCUT2D eigenvalue weighted by Crippen LogP contribution is -2.11. The number of rotatable bonds is 5. The van der Waals surface area contributed by atoms with E-state index in [-0.39, 0.29) is 0 Å². The third-order valence-corrected chi connectivity index (χ3v) is 9.08. The van der Waals surface area contributed by atoms with Gasteiger partial charge in [-0.1, -0.05) is 81.0 Å². The van der Waals surface area contributed by atoms with E-state index in [0.717, 1.165) is 16.9 Å². The van der Waals surface area contributed by atoms with E-state index in [0.29, 0.717) is 11.8 Å². The van der Waals surface area contributed by atoms with Crippen molar-refractivity contribution in [2.75, 3.05) is 4.90 Å². The summed E-state index contributed by atoms with van der Waals surface area (Å²) in [4.78, 5) is 2.39. The fraction of sp³-hybridized carbons (Fsp3) is 0.333. The van der Waals surface area contributed by atoms with Gasteiger partial charge in [-0.3, -0.25) is 0 Å². The topological polar surface area (TPSA) is 16.4 Å². The Bertz CT molecular complexity index is 1450. The van der Waals surface area contributed by atoms with Gasteiger partial charge in [0, 0.05) is 33.9 Å². The second-order valence-electron chi connectivity index (χ2n) is 11.5. The summed E-state index contributed by atoms with van der Waals surface area (Å²) in [5.41, 5.74) is 8.40. The minimum atomic E-state index is 0.716. The molecule has 2 saturated carbocycles. The molecule has 2 aliphatic rings. The highest BCUT2D eigenvalue weighted by Gasteiger charge is 2.20. The van der Waals surface area contributed by atoms with Gasteiger partial charge in [0.1, 0.15) is 11.2 Å². The molecule has 0 aliphatic heterocycles. The van der Waals surface area contributed by atoms with Crippen molar-refractivity contribution in [1.82, 2.24) is 0 Å². The van der Waals surface area contributed by atoms with Crippen molar-refractivity contribution in [3.63, 3.8) is 0 Å². The lowest BCUT2D eigenvalue weighted by atomic mass is 9.84. The van der Waals surface area contributed by atoms with Crippen LogP contribution in [0.2, 0.25) is 0 Å². The predicted octanol–water partition coefficient (Wildman–Crippen LogP) is 11.2.